The highest BCUT2D eigenvalue weighted by atomic mass is 16.2. The molecule has 0 bridgehead atoms. The molecule has 29 heavy (non-hydrogen) atoms. The number of nitrogens with zero attached hydrogens (tertiary/aromatic N) is 3. The number of amides is 2. The minimum Gasteiger partial charge on any atom is -0.341 e. The lowest BCUT2D eigenvalue weighted by Crippen LogP contribution is -2.53. The minimum absolute atomic E-state index is 0.0730. The van der Waals surface area contributed by atoms with E-state index >= 15 is 0 Å². The highest BCUT2D eigenvalue weighted by molar-refractivity contribution is 5.94. The summed E-state index contributed by atoms with van der Waals surface area (Å²) in [5.74, 6) is 0.280. The van der Waals surface area contributed by atoms with Gasteiger partial charge in [0, 0.05) is 44.8 Å². The lowest BCUT2D eigenvalue weighted by atomic mass is 10.0. The number of hydrogen-bond acceptors (Lipinski definition) is 3. The fourth-order valence-corrected chi connectivity index (χ4v) is 4.38. The van der Waals surface area contributed by atoms with Gasteiger partial charge in [-0.25, -0.2) is 0 Å². The Balaban J connectivity index is 1.48. The molecule has 2 amide bonds. The lowest BCUT2D eigenvalue weighted by Gasteiger charge is -2.41. The molecule has 0 aromatic heterocycles. The van der Waals surface area contributed by atoms with Crippen LogP contribution in [0.1, 0.15) is 41.2 Å². The zero-order chi connectivity index (χ0) is 20.1. The Kier molecular flexibility index (Phi) is 6.25. The first-order valence-electron chi connectivity index (χ1n) is 10.7. The lowest BCUT2D eigenvalue weighted by molar-refractivity contribution is -0.138. The maximum Gasteiger partial charge on any atom is 0.253 e. The number of hydrogen-bond donors (Lipinski definition) is 0. The molecular weight excluding hydrogens is 362 g/mol. The summed E-state index contributed by atoms with van der Waals surface area (Å²) < 4.78 is 0. The summed E-state index contributed by atoms with van der Waals surface area (Å²) in [4.78, 5) is 32.4. The molecule has 0 radical (unpaired) electrons. The standard InChI is InChI=1S/C24H29N3O2/c28-23(21-12-6-2-7-13-21)27-18-16-25(17-19-27)22(20-10-4-1-5-11-20)24(29)26-14-8-3-9-15-26/h1-2,4-7,10-13,22H,3,8-9,14-19H2/t22-/m0/s1. The molecule has 2 aromatic carbocycles. The van der Waals surface area contributed by atoms with Gasteiger partial charge in [0.1, 0.15) is 6.04 Å². The number of carbonyl (C=O) groups excluding carboxylic acids is 2. The summed E-state index contributed by atoms with van der Waals surface area (Å²) in [5, 5.41) is 0. The molecule has 2 saturated heterocycles. The average molecular weight is 392 g/mol. The molecule has 0 saturated carbocycles. The molecule has 0 unspecified atom stereocenters. The molecule has 5 nitrogen and oxygen atoms in total. The van der Waals surface area contributed by atoms with E-state index in [1.807, 2.05) is 70.5 Å². The molecule has 1 atom stereocenters. The van der Waals surface area contributed by atoms with E-state index in [9.17, 15) is 9.59 Å². The van der Waals surface area contributed by atoms with Crippen LogP contribution < -0.4 is 0 Å². The molecule has 2 aliphatic rings. The van der Waals surface area contributed by atoms with Crippen molar-refractivity contribution in [1.29, 1.82) is 0 Å². The van der Waals surface area contributed by atoms with Gasteiger partial charge < -0.3 is 9.80 Å². The molecule has 4 rings (SSSR count). The van der Waals surface area contributed by atoms with Crippen molar-refractivity contribution >= 4 is 11.8 Å². The molecule has 152 valence electrons. The van der Waals surface area contributed by atoms with Crippen LogP contribution in [0.25, 0.3) is 0 Å². The summed E-state index contributed by atoms with van der Waals surface area (Å²) in [6.45, 7) is 4.41. The Hall–Kier alpha value is -2.66. The van der Waals surface area contributed by atoms with E-state index in [-0.39, 0.29) is 17.9 Å². The highest BCUT2D eigenvalue weighted by Gasteiger charge is 2.34. The van der Waals surface area contributed by atoms with Crippen LogP contribution in [0.3, 0.4) is 0 Å². The van der Waals surface area contributed by atoms with Crippen molar-refractivity contribution in [1.82, 2.24) is 14.7 Å². The fourth-order valence-electron chi connectivity index (χ4n) is 4.38. The van der Waals surface area contributed by atoms with Gasteiger partial charge >= 0.3 is 0 Å². The zero-order valence-corrected chi connectivity index (χ0v) is 16.9. The van der Waals surface area contributed by atoms with E-state index < -0.39 is 0 Å². The number of likely N-dealkylation sites (tertiary alicyclic amines) is 1. The SMILES string of the molecule is O=C(c1ccccc1)N1CCN([C@H](C(=O)N2CCCCC2)c2ccccc2)CC1. The van der Waals surface area contributed by atoms with Gasteiger partial charge in [0.05, 0.1) is 0 Å². The van der Waals surface area contributed by atoms with Gasteiger partial charge in [-0.05, 0) is 37.0 Å². The second-order valence-electron chi connectivity index (χ2n) is 7.89. The van der Waals surface area contributed by atoms with Crippen LogP contribution in [0.15, 0.2) is 60.7 Å². The van der Waals surface area contributed by atoms with Gasteiger partial charge in [-0.3, -0.25) is 14.5 Å². The second kappa shape index (κ2) is 9.23. The maximum absolute atomic E-state index is 13.4. The van der Waals surface area contributed by atoms with Crippen LogP contribution in [0.4, 0.5) is 0 Å². The van der Waals surface area contributed by atoms with E-state index in [1.54, 1.807) is 0 Å². The quantitative estimate of drug-likeness (QED) is 0.804. The average Bonchev–Trinajstić information content (AvgIpc) is 2.81. The van der Waals surface area contributed by atoms with Crippen LogP contribution in [0, 0.1) is 0 Å². The third-order valence-corrected chi connectivity index (χ3v) is 6.00. The van der Waals surface area contributed by atoms with Gasteiger partial charge in [0.25, 0.3) is 5.91 Å². The Bertz CT molecular complexity index is 811. The third-order valence-electron chi connectivity index (χ3n) is 6.00. The van der Waals surface area contributed by atoms with Crippen molar-refractivity contribution in [3.8, 4) is 0 Å². The second-order valence-corrected chi connectivity index (χ2v) is 7.89. The molecule has 0 spiro atoms. The van der Waals surface area contributed by atoms with E-state index in [2.05, 4.69) is 4.90 Å². The summed E-state index contributed by atoms with van der Waals surface area (Å²) >= 11 is 0. The number of benzene rings is 2. The van der Waals surface area contributed by atoms with Crippen LogP contribution in [-0.2, 0) is 4.79 Å². The molecule has 2 aliphatic heterocycles. The van der Waals surface area contributed by atoms with Gasteiger partial charge in [-0.1, -0.05) is 48.5 Å². The van der Waals surface area contributed by atoms with Gasteiger partial charge in [0.2, 0.25) is 5.91 Å². The number of rotatable bonds is 4. The Labute approximate surface area is 172 Å². The highest BCUT2D eigenvalue weighted by Crippen LogP contribution is 2.26. The van der Waals surface area contributed by atoms with Gasteiger partial charge in [0.15, 0.2) is 0 Å². The summed E-state index contributed by atoms with van der Waals surface area (Å²) in [6.07, 6.45) is 3.39. The number of carbonyl (C=O) groups is 2. The summed E-state index contributed by atoms with van der Waals surface area (Å²) in [5.41, 5.74) is 1.77. The van der Waals surface area contributed by atoms with Crippen LogP contribution in [-0.4, -0.2) is 65.8 Å². The van der Waals surface area contributed by atoms with E-state index in [1.165, 1.54) is 6.42 Å². The number of piperidine rings is 1. The fraction of sp³-hybridized carbons (Fsp3) is 0.417. The predicted molar refractivity (Wildman–Crippen MR) is 114 cm³/mol. The van der Waals surface area contributed by atoms with E-state index in [0.717, 1.165) is 37.1 Å². The van der Waals surface area contributed by atoms with E-state index in [4.69, 9.17) is 0 Å². The molecule has 0 aliphatic carbocycles. The van der Waals surface area contributed by atoms with Crippen LogP contribution in [0.2, 0.25) is 0 Å². The summed E-state index contributed by atoms with van der Waals surface area (Å²) in [7, 11) is 0. The first-order chi connectivity index (χ1) is 14.2. The largest absolute Gasteiger partial charge is 0.341 e. The smallest absolute Gasteiger partial charge is 0.253 e. The van der Waals surface area contributed by atoms with Crippen molar-refractivity contribution in [2.75, 3.05) is 39.3 Å². The van der Waals surface area contributed by atoms with Gasteiger partial charge in [-0.15, -0.1) is 0 Å². The van der Waals surface area contributed by atoms with Crippen molar-refractivity contribution in [3.63, 3.8) is 0 Å². The Morgan fingerprint density at radius 2 is 1.24 bits per heavy atom. The Morgan fingerprint density at radius 3 is 1.86 bits per heavy atom. The van der Waals surface area contributed by atoms with Crippen molar-refractivity contribution in [3.05, 3.63) is 71.8 Å². The zero-order valence-electron chi connectivity index (χ0n) is 16.9. The Morgan fingerprint density at radius 1 is 0.655 bits per heavy atom. The third kappa shape index (κ3) is 4.51. The maximum atomic E-state index is 13.4. The van der Waals surface area contributed by atoms with Gasteiger partial charge in [-0.2, -0.15) is 0 Å². The topological polar surface area (TPSA) is 43.9 Å². The monoisotopic (exact) mass is 391 g/mol. The predicted octanol–water partition coefficient (Wildman–Crippen LogP) is 3.20. The molecular formula is C24H29N3O2. The molecule has 2 heterocycles. The van der Waals surface area contributed by atoms with E-state index in [0.29, 0.717) is 26.2 Å². The minimum atomic E-state index is -0.261. The summed E-state index contributed by atoms with van der Waals surface area (Å²) in [6, 6.07) is 19.3. The van der Waals surface area contributed by atoms with Crippen LogP contribution >= 0.6 is 0 Å². The normalized spacial score (nSPS) is 19.0. The van der Waals surface area contributed by atoms with Crippen LogP contribution in [0.5, 0.6) is 0 Å². The van der Waals surface area contributed by atoms with Crippen molar-refractivity contribution < 1.29 is 9.59 Å². The first kappa shape index (κ1) is 19.6. The van der Waals surface area contributed by atoms with Crippen molar-refractivity contribution in [2.24, 2.45) is 0 Å². The first-order valence-corrected chi connectivity index (χ1v) is 10.7. The molecule has 2 aromatic rings. The number of piperazine rings is 1. The van der Waals surface area contributed by atoms with Crippen molar-refractivity contribution in [2.45, 2.75) is 25.3 Å². The molecule has 5 heteroatoms. The molecule has 0 N–H and O–H groups in total. The molecule has 2 fully saturated rings.